The van der Waals surface area contributed by atoms with Crippen LogP contribution in [0.3, 0.4) is 0 Å². The monoisotopic (exact) mass is 747 g/mol. The molecule has 2 aliphatic heterocycles. The van der Waals surface area contributed by atoms with Gasteiger partial charge in [0.25, 0.3) is 11.8 Å². The highest BCUT2D eigenvalue weighted by Crippen LogP contribution is 2.32. The molecule has 1 atom stereocenters. The molecule has 0 radical (unpaired) electrons. The summed E-state index contributed by atoms with van der Waals surface area (Å²) in [5.41, 5.74) is 3.36. The lowest BCUT2D eigenvalue weighted by atomic mass is 9.94. The normalized spacial score (nSPS) is 17.6. The van der Waals surface area contributed by atoms with Crippen LogP contribution >= 0.6 is 0 Å². The molecule has 1 unspecified atom stereocenters. The van der Waals surface area contributed by atoms with E-state index in [1.807, 2.05) is 70.3 Å². The largest absolute Gasteiger partial charge is 0.444 e. The van der Waals surface area contributed by atoms with E-state index in [9.17, 15) is 33.2 Å². The van der Waals surface area contributed by atoms with Crippen LogP contribution < -0.4 is 15.5 Å². The summed E-state index contributed by atoms with van der Waals surface area (Å²) in [5.74, 6) is -4.82. The molecule has 2 N–H and O–H groups in total. The number of ether oxygens (including phenoxy) is 1. The molecule has 12 nitrogen and oxygen atoms in total. The van der Waals surface area contributed by atoms with Gasteiger partial charge in [0.2, 0.25) is 11.8 Å². The minimum atomic E-state index is -3.18. The van der Waals surface area contributed by atoms with Crippen molar-refractivity contribution in [3.05, 3.63) is 77.9 Å². The van der Waals surface area contributed by atoms with E-state index >= 15 is 0 Å². The Hall–Kier alpha value is -5.29. The standard InChI is InChI=1S/C40H51F2N7O5/c1-7-34(50)44-25-29-12-14-30(15-13-29)28(2)36(37(52)45-26-35(51)49-27-40(41,42)23-33(49)24-43)31-10-8-11-32(22-31)46(6)16-9-17-47-18-20-48(21-19-47)38(53)54-39(3,4)5/h7-8,10-15,22,33H,1,9,16-21,23,25-27H2,2-6H3,(H,44,50)(H,45,52)/b36-28-. The van der Waals surface area contributed by atoms with Gasteiger partial charge in [0.15, 0.2) is 0 Å². The molecule has 0 aliphatic carbocycles. The first kappa shape index (κ1) is 41.5. The van der Waals surface area contributed by atoms with Crippen LogP contribution in [-0.2, 0) is 25.7 Å². The first-order valence-corrected chi connectivity index (χ1v) is 18.1. The molecule has 290 valence electrons. The van der Waals surface area contributed by atoms with Gasteiger partial charge in [0.1, 0.15) is 11.6 Å². The Morgan fingerprint density at radius 3 is 2.37 bits per heavy atom. The number of allylic oxidation sites excluding steroid dienone is 1. The first-order chi connectivity index (χ1) is 25.5. The van der Waals surface area contributed by atoms with Crippen molar-refractivity contribution in [2.45, 2.75) is 64.6 Å². The van der Waals surface area contributed by atoms with Crippen molar-refractivity contribution < 1.29 is 32.7 Å². The zero-order valence-corrected chi connectivity index (χ0v) is 31.8. The number of nitrogens with zero attached hydrogens (tertiary/aromatic N) is 5. The average molecular weight is 748 g/mol. The maximum absolute atomic E-state index is 14.0. The number of nitrogens with one attached hydrogen (secondary N) is 2. The summed E-state index contributed by atoms with van der Waals surface area (Å²) in [4.78, 5) is 57.9. The van der Waals surface area contributed by atoms with Crippen LogP contribution in [0.4, 0.5) is 19.3 Å². The van der Waals surface area contributed by atoms with Crippen molar-refractivity contribution in [2.24, 2.45) is 0 Å². The van der Waals surface area contributed by atoms with E-state index in [1.54, 1.807) is 24.0 Å². The van der Waals surface area contributed by atoms with Gasteiger partial charge < -0.3 is 30.1 Å². The summed E-state index contributed by atoms with van der Waals surface area (Å²) in [6.07, 6.45) is 1.01. The number of piperazine rings is 1. The van der Waals surface area contributed by atoms with Gasteiger partial charge in [0, 0.05) is 58.4 Å². The molecule has 2 saturated heterocycles. The number of rotatable bonds is 13. The van der Waals surface area contributed by atoms with Crippen LogP contribution in [-0.4, -0.2) is 115 Å². The van der Waals surface area contributed by atoms with Crippen molar-refractivity contribution in [2.75, 3.05) is 64.3 Å². The third kappa shape index (κ3) is 11.6. The predicted molar refractivity (Wildman–Crippen MR) is 203 cm³/mol. The second-order valence-corrected chi connectivity index (χ2v) is 14.7. The summed E-state index contributed by atoms with van der Waals surface area (Å²) < 4.78 is 33.6. The first-order valence-electron chi connectivity index (χ1n) is 18.1. The van der Waals surface area contributed by atoms with Crippen LogP contribution in [0.25, 0.3) is 11.1 Å². The topological polar surface area (TPSA) is 138 Å². The smallest absolute Gasteiger partial charge is 0.410 e. The van der Waals surface area contributed by atoms with Gasteiger partial charge >= 0.3 is 6.09 Å². The van der Waals surface area contributed by atoms with Gasteiger partial charge in [-0.3, -0.25) is 19.3 Å². The van der Waals surface area contributed by atoms with Crippen molar-refractivity contribution in [3.63, 3.8) is 0 Å². The number of amides is 4. The van der Waals surface area contributed by atoms with Crippen molar-refractivity contribution in [1.82, 2.24) is 25.3 Å². The minimum Gasteiger partial charge on any atom is -0.444 e. The highest BCUT2D eigenvalue weighted by atomic mass is 19.3. The summed E-state index contributed by atoms with van der Waals surface area (Å²) in [7, 11) is 1.97. The van der Waals surface area contributed by atoms with Crippen LogP contribution in [0.5, 0.6) is 0 Å². The van der Waals surface area contributed by atoms with E-state index in [0.717, 1.165) is 54.3 Å². The summed E-state index contributed by atoms with van der Waals surface area (Å²) in [5, 5.41) is 14.7. The van der Waals surface area contributed by atoms with Gasteiger partial charge in [0.05, 0.1) is 24.7 Å². The molecule has 4 amide bonds. The maximum atomic E-state index is 14.0. The molecule has 0 aromatic heterocycles. The summed E-state index contributed by atoms with van der Waals surface area (Å²) in [6, 6.07) is 15.3. The molecule has 2 aromatic carbocycles. The Morgan fingerprint density at radius 2 is 1.74 bits per heavy atom. The van der Waals surface area contributed by atoms with E-state index in [1.165, 1.54) is 6.08 Å². The van der Waals surface area contributed by atoms with E-state index in [-0.39, 0.29) is 17.6 Å². The molecule has 4 rings (SSSR count). The molecule has 14 heteroatoms. The molecular formula is C40H51F2N7O5. The lowest BCUT2D eigenvalue weighted by molar-refractivity contribution is -0.133. The molecular weight excluding hydrogens is 696 g/mol. The van der Waals surface area contributed by atoms with E-state index < -0.39 is 48.9 Å². The number of carbonyl (C=O) groups is 4. The number of anilines is 1. The number of alkyl halides is 2. The fourth-order valence-electron chi connectivity index (χ4n) is 6.38. The van der Waals surface area contributed by atoms with Gasteiger partial charge in [-0.15, -0.1) is 0 Å². The third-order valence-electron chi connectivity index (χ3n) is 9.35. The fraction of sp³-hybridized carbons (Fsp3) is 0.475. The predicted octanol–water partition coefficient (Wildman–Crippen LogP) is 4.67. The lowest BCUT2D eigenvalue weighted by Crippen LogP contribution is -2.50. The van der Waals surface area contributed by atoms with E-state index in [0.29, 0.717) is 30.8 Å². The van der Waals surface area contributed by atoms with Crippen molar-refractivity contribution >= 4 is 40.6 Å². The second kappa shape index (κ2) is 18.2. The molecule has 2 heterocycles. The summed E-state index contributed by atoms with van der Waals surface area (Å²) in [6.45, 7) is 13.9. The highest BCUT2D eigenvalue weighted by Gasteiger charge is 2.47. The number of benzene rings is 2. The fourth-order valence-corrected chi connectivity index (χ4v) is 6.38. The van der Waals surface area contributed by atoms with Crippen molar-refractivity contribution in [3.8, 4) is 6.07 Å². The number of halogens is 2. The maximum Gasteiger partial charge on any atom is 0.410 e. The van der Waals surface area contributed by atoms with Gasteiger partial charge in [-0.25, -0.2) is 13.6 Å². The van der Waals surface area contributed by atoms with Crippen LogP contribution in [0.1, 0.15) is 57.2 Å². The van der Waals surface area contributed by atoms with Gasteiger partial charge in [-0.1, -0.05) is 43.0 Å². The molecule has 0 bridgehead atoms. The Morgan fingerprint density at radius 1 is 1.06 bits per heavy atom. The van der Waals surface area contributed by atoms with Crippen LogP contribution in [0, 0.1) is 11.3 Å². The number of nitriles is 1. The van der Waals surface area contributed by atoms with Crippen LogP contribution in [0.15, 0.2) is 61.2 Å². The lowest BCUT2D eigenvalue weighted by Gasteiger charge is -2.35. The minimum absolute atomic E-state index is 0.289. The Labute approximate surface area is 316 Å². The van der Waals surface area contributed by atoms with Crippen molar-refractivity contribution in [1.29, 1.82) is 5.26 Å². The quantitative estimate of drug-likeness (QED) is 0.223. The Balaban J connectivity index is 1.48. The number of hydrogen-bond acceptors (Lipinski definition) is 8. The molecule has 0 spiro atoms. The molecule has 2 aromatic rings. The number of carbonyl (C=O) groups excluding carboxylic acids is 4. The number of likely N-dealkylation sites (tertiary alicyclic amines) is 1. The Kier molecular flexibility index (Phi) is 13.9. The van der Waals surface area contributed by atoms with E-state index in [2.05, 4.69) is 27.0 Å². The Bertz CT molecular complexity index is 1760. The molecule has 0 saturated carbocycles. The van der Waals surface area contributed by atoms with Crippen LogP contribution in [0.2, 0.25) is 0 Å². The van der Waals surface area contributed by atoms with E-state index in [4.69, 9.17) is 4.74 Å². The number of hydrogen-bond donors (Lipinski definition) is 2. The SMILES string of the molecule is C=CC(=O)NCc1ccc(/C(C)=C(\C(=O)NCC(=O)N2CC(F)(F)CC2C#N)c2cccc(N(C)CCCN3CCN(C(=O)OC(C)(C)C)CC3)c2)cc1. The highest BCUT2D eigenvalue weighted by molar-refractivity contribution is 6.27. The van der Waals surface area contributed by atoms with Gasteiger partial charge in [-0.05, 0) is 81.1 Å². The zero-order valence-electron chi connectivity index (χ0n) is 31.8. The summed E-state index contributed by atoms with van der Waals surface area (Å²) >= 11 is 0. The second-order valence-electron chi connectivity index (χ2n) is 14.7. The zero-order chi connectivity index (χ0) is 39.6. The molecule has 2 fully saturated rings. The molecule has 54 heavy (non-hydrogen) atoms. The third-order valence-corrected chi connectivity index (χ3v) is 9.35. The average Bonchev–Trinajstić information content (AvgIpc) is 3.47. The molecule has 2 aliphatic rings. The van der Waals surface area contributed by atoms with Gasteiger partial charge in [-0.2, -0.15) is 5.26 Å².